The van der Waals surface area contributed by atoms with Crippen LogP contribution in [0.1, 0.15) is 24.4 Å². The summed E-state index contributed by atoms with van der Waals surface area (Å²) in [6.07, 6.45) is 2.10. The molecule has 2 aromatic rings. The van der Waals surface area contributed by atoms with Crippen molar-refractivity contribution in [3.63, 3.8) is 0 Å². The van der Waals surface area contributed by atoms with Crippen LogP contribution in [0.3, 0.4) is 0 Å². The van der Waals surface area contributed by atoms with E-state index in [-0.39, 0.29) is 17.8 Å². The third-order valence-electron chi connectivity index (χ3n) is 6.50. The van der Waals surface area contributed by atoms with Gasteiger partial charge < -0.3 is 24.2 Å². The summed E-state index contributed by atoms with van der Waals surface area (Å²) in [6.45, 7) is 3.96. The number of methoxy groups -OCH3 is 2. The normalized spacial score (nSPS) is 21.3. The smallest absolute Gasteiger partial charge is 0.277 e. The molecule has 2 heterocycles. The number of carbonyl (C=O) groups is 1. The fourth-order valence-corrected chi connectivity index (χ4v) is 4.82. The number of rotatable bonds is 6. The van der Waals surface area contributed by atoms with E-state index in [1.165, 1.54) is 11.0 Å². The number of nitrogens with one attached hydrogen (secondary N) is 1. The molecule has 4 rings (SSSR count). The summed E-state index contributed by atoms with van der Waals surface area (Å²) in [7, 11) is 3.34. The number of anilines is 1. The molecule has 0 saturated carbocycles. The Morgan fingerprint density at radius 1 is 1.10 bits per heavy atom. The van der Waals surface area contributed by atoms with E-state index < -0.39 is 0 Å². The van der Waals surface area contributed by atoms with E-state index >= 15 is 0 Å². The van der Waals surface area contributed by atoms with E-state index in [1.807, 2.05) is 34.1 Å². The average Bonchev–Trinajstić information content (AvgIpc) is 3.27. The van der Waals surface area contributed by atoms with Crippen LogP contribution in [0.5, 0.6) is 11.5 Å². The molecule has 1 amide bonds. The lowest BCUT2D eigenvalue weighted by Gasteiger charge is -2.36. The van der Waals surface area contributed by atoms with E-state index in [9.17, 15) is 9.18 Å². The number of carbonyl (C=O) groups excluding carboxylic acids is 1. The van der Waals surface area contributed by atoms with Crippen LogP contribution in [-0.2, 0) is 4.79 Å². The summed E-state index contributed by atoms with van der Waals surface area (Å²) < 4.78 is 25.1. The number of hydrogen-bond donors (Lipinski definition) is 1. The molecule has 31 heavy (non-hydrogen) atoms. The fourth-order valence-electron chi connectivity index (χ4n) is 4.82. The van der Waals surface area contributed by atoms with Crippen LogP contribution in [-0.4, -0.2) is 64.3 Å². The predicted molar refractivity (Wildman–Crippen MR) is 117 cm³/mol. The first kappa shape index (κ1) is 21.4. The van der Waals surface area contributed by atoms with Gasteiger partial charge in [-0.3, -0.25) is 4.79 Å². The number of hydrogen-bond acceptors (Lipinski definition) is 4. The topological polar surface area (TPSA) is 46.5 Å². The molecule has 1 N–H and O–H groups in total. The van der Waals surface area contributed by atoms with Crippen molar-refractivity contribution in [2.45, 2.75) is 18.9 Å². The summed E-state index contributed by atoms with van der Waals surface area (Å²) in [5.74, 6) is 1.60. The van der Waals surface area contributed by atoms with Crippen molar-refractivity contribution in [2.24, 2.45) is 0 Å². The van der Waals surface area contributed by atoms with Crippen LogP contribution in [0.4, 0.5) is 10.1 Å². The first-order valence-corrected chi connectivity index (χ1v) is 10.9. The van der Waals surface area contributed by atoms with Gasteiger partial charge in [0.25, 0.3) is 5.91 Å². The molecule has 0 bridgehead atoms. The second kappa shape index (κ2) is 9.56. The minimum absolute atomic E-state index is 0.164. The number of ether oxygens (including phenoxy) is 2. The van der Waals surface area contributed by atoms with Crippen LogP contribution in [0.25, 0.3) is 0 Å². The maximum atomic E-state index is 14.1. The number of halogens is 1. The van der Waals surface area contributed by atoms with Crippen molar-refractivity contribution < 1.29 is 23.6 Å². The SMILES string of the molecule is COc1ccc(OC)c([C@H]2CCC[NH+]2CC(=O)N2CCN(c3ccccc3F)CC2)c1. The molecule has 2 saturated heterocycles. The van der Waals surface area contributed by atoms with E-state index in [1.54, 1.807) is 26.4 Å². The quantitative estimate of drug-likeness (QED) is 0.764. The number of nitrogens with zero attached hydrogens (tertiary/aromatic N) is 2. The number of amides is 1. The van der Waals surface area contributed by atoms with Gasteiger partial charge in [0, 0.05) is 39.0 Å². The molecule has 2 fully saturated rings. The largest absolute Gasteiger partial charge is 0.497 e. The minimum atomic E-state index is -0.209. The molecule has 1 unspecified atom stereocenters. The Morgan fingerprint density at radius 2 is 1.87 bits per heavy atom. The predicted octanol–water partition coefficient (Wildman–Crippen LogP) is 1.91. The van der Waals surface area contributed by atoms with Crippen LogP contribution in [0, 0.1) is 5.82 Å². The van der Waals surface area contributed by atoms with Crippen molar-refractivity contribution in [3.8, 4) is 11.5 Å². The number of benzene rings is 2. The molecule has 7 heteroatoms. The molecule has 0 radical (unpaired) electrons. The summed E-state index contributed by atoms with van der Waals surface area (Å²) in [6, 6.07) is 12.9. The maximum absolute atomic E-state index is 14.1. The summed E-state index contributed by atoms with van der Waals surface area (Å²) >= 11 is 0. The van der Waals surface area contributed by atoms with E-state index in [0.717, 1.165) is 36.4 Å². The van der Waals surface area contributed by atoms with Crippen LogP contribution in [0.15, 0.2) is 42.5 Å². The summed E-state index contributed by atoms with van der Waals surface area (Å²) in [5.41, 5.74) is 1.72. The van der Waals surface area contributed by atoms with Gasteiger partial charge >= 0.3 is 0 Å². The van der Waals surface area contributed by atoms with Crippen molar-refractivity contribution in [3.05, 3.63) is 53.8 Å². The van der Waals surface area contributed by atoms with Gasteiger partial charge in [-0.25, -0.2) is 4.39 Å². The Kier molecular flexibility index (Phi) is 6.61. The van der Waals surface area contributed by atoms with Gasteiger partial charge in [0.1, 0.15) is 23.4 Å². The molecular weight excluding hydrogens is 397 g/mol. The average molecular weight is 429 g/mol. The van der Waals surface area contributed by atoms with Crippen LogP contribution in [0.2, 0.25) is 0 Å². The zero-order valence-electron chi connectivity index (χ0n) is 18.3. The van der Waals surface area contributed by atoms with Crippen molar-refractivity contribution in [2.75, 3.05) is 58.4 Å². The standard InChI is InChI=1S/C24H30FN3O3/c1-30-18-9-10-23(31-2)19(16-18)21-8-5-11-28(21)17-24(29)27-14-12-26(13-15-27)22-7-4-3-6-20(22)25/h3-4,6-7,9-10,16,21H,5,8,11-15,17H2,1-2H3/p+1/t21-/m1/s1. The Labute approximate surface area is 183 Å². The molecule has 2 atom stereocenters. The molecule has 0 spiro atoms. The first-order valence-electron chi connectivity index (χ1n) is 10.9. The number of piperazine rings is 1. The lowest BCUT2D eigenvalue weighted by molar-refractivity contribution is -0.910. The van der Waals surface area contributed by atoms with Gasteiger partial charge in [0.2, 0.25) is 0 Å². The zero-order chi connectivity index (χ0) is 21.8. The second-order valence-electron chi connectivity index (χ2n) is 8.21. The van der Waals surface area contributed by atoms with Gasteiger partial charge in [-0.15, -0.1) is 0 Å². The van der Waals surface area contributed by atoms with Gasteiger partial charge in [-0.2, -0.15) is 0 Å². The lowest BCUT2D eigenvalue weighted by atomic mass is 10.0. The van der Waals surface area contributed by atoms with E-state index in [2.05, 4.69) is 0 Å². The molecule has 0 aliphatic carbocycles. The highest BCUT2D eigenvalue weighted by Crippen LogP contribution is 2.31. The minimum Gasteiger partial charge on any atom is -0.497 e. The molecule has 2 aromatic carbocycles. The van der Waals surface area contributed by atoms with Crippen molar-refractivity contribution in [1.29, 1.82) is 0 Å². The van der Waals surface area contributed by atoms with Crippen molar-refractivity contribution in [1.82, 2.24) is 4.90 Å². The third-order valence-corrected chi connectivity index (χ3v) is 6.50. The maximum Gasteiger partial charge on any atom is 0.277 e. The van der Waals surface area contributed by atoms with Crippen molar-refractivity contribution >= 4 is 11.6 Å². The molecule has 6 nitrogen and oxygen atoms in total. The summed E-state index contributed by atoms with van der Waals surface area (Å²) in [4.78, 5) is 18.3. The monoisotopic (exact) mass is 428 g/mol. The zero-order valence-corrected chi connectivity index (χ0v) is 18.3. The van der Waals surface area contributed by atoms with Gasteiger partial charge in [0.15, 0.2) is 6.54 Å². The summed E-state index contributed by atoms with van der Waals surface area (Å²) in [5, 5.41) is 0. The highest BCUT2D eigenvalue weighted by Gasteiger charge is 2.35. The third kappa shape index (κ3) is 4.61. The van der Waals surface area contributed by atoms with Crippen LogP contribution < -0.4 is 19.3 Å². The number of quaternary nitrogens is 1. The fraction of sp³-hybridized carbons (Fsp3) is 0.458. The second-order valence-corrected chi connectivity index (χ2v) is 8.21. The highest BCUT2D eigenvalue weighted by atomic mass is 19.1. The molecule has 2 aliphatic rings. The van der Waals surface area contributed by atoms with E-state index in [4.69, 9.17) is 9.47 Å². The Hall–Kier alpha value is -2.80. The lowest BCUT2D eigenvalue weighted by Crippen LogP contribution is -3.11. The Balaban J connectivity index is 1.39. The number of likely N-dealkylation sites (tertiary alicyclic amines) is 1. The highest BCUT2D eigenvalue weighted by molar-refractivity contribution is 5.77. The Morgan fingerprint density at radius 3 is 2.58 bits per heavy atom. The molecule has 2 aliphatic heterocycles. The molecular formula is C24H31FN3O3+. The number of para-hydroxylation sites is 1. The van der Waals surface area contributed by atoms with Crippen LogP contribution >= 0.6 is 0 Å². The first-order chi connectivity index (χ1) is 15.1. The van der Waals surface area contributed by atoms with Gasteiger partial charge in [0.05, 0.1) is 32.0 Å². The Bertz CT molecular complexity index is 915. The molecule has 0 aromatic heterocycles. The molecule has 166 valence electrons. The van der Waals surface area contributed by atoms with Gasteiger partial charge in [-0.1, -0.05) is 12.1 Å². The van der Waals surface area contributed by atoms with Gasteiger partial charge in [-0.05, 0) is 30.3 Å². The van der Waals surface area contributed by atoms with E-state index in [0.29, 0.717) is 38.4 Å².